The lowest BCUT2D eigenvalue weighted by molar-refractivity contribution is -0.140. The van der Waals surface area contributed by atoms with Crippen LogP contribution in [-0.2, 0) is 22.6 Å². The molecule has 0 bridgehead atoms. The molecule has 0 aromatic heterocycles. The van der Waals surface area contributed by atoms with Crippen molar-refractivity contribution in [3.63, 3.8) is 0 Å². The zero-order chi connectivity index (χ0) is 20.3. The van der Waals surface area contributed by atoms with E-state index in [0.29, 0.717) is 36.5 Å². The molecular formula is C22H27N3O3. The molecule has 2 aromatic carbocycles. The maximum atomic E-state index is 13.1. The Morgan fingerprint density at radius 2 is 1.93 bits per heavy atom. The molecule has 0 saturated carbocycles. The average molecular weight is 381 g/mol. The number of hydrogen-bond acceptors (Lipinski definition) is 4. The lowest BCUT2D eigenvalue weighted by Gasteiger charge is -2.36. The molecule has 0 spiro atoms. The Kier molecular flexibility index (Phi) is 5.87. The molecule has 0 radical (unpaired) electrons. The maximum absolute atomic E-state index is 13.1. The molecule has 2 aromatic rings. The van der Waals surface area contributed by atoms with Crippen molar-refractivity contribution in [2.45, 2.75) is 39.3 Å². The fourth-order valence-corrected chi connectivity index (χ4v) is 3.52. The fraction of sp³-hybridized carbons (Fsp3) is 0.364. The topological polar surface area (TPSA) is 84.7 Å². The second-order valence-corrected chi connectivity index (χ2v) is 7.55. The molecule has 1 atom stereocenters. The van der Waals surface area contributed by atoms with Gasteiger partial charge in [-0.25, -0.2) is 0 Å². The van der Waals surface area contributed by atoms with E-state index in [1.54, 1.807) is 30.2 Å². The van der Waals surface area contributed by atoms with Crippen LogP contribution in [0.25, 0.3) is 0 Å². The second kappa shape index (κ2) is 8.33. The highest BCUT2D eigenvalue weighted by atomic mass is 16.5. The second-order valence-electron chi connectivity index (χ2n) is 7.55. The number of nitrogens with one attached hydrogen (secondary N) is 1. The van der Waals surface area contributed by atoms with E-state index in [9.17, 15) is 9.59 Å². The van der Waals surface area contributed by atoms with Gasteiger partial charge in [0.15, 0.2) is 0 Å². The van der Waals surface area contributed by atoms with Gasteiger partial charge in [-0.2, -0.15) is 0 Å². The Morgan fingerprint density at radius 3 is 2.57 bits per heavy atom. The van der Waals surface area contributed by atoms with E-state index < -0.39 is 6.04 Å². The number of anilines is 2. The van der Waals surface area contributed by atoms with Gasteiger partial charge in [-0.3, -0.25) is 9.59 Å². The minimum Gasteiger partial charge on any atom is -0.495 e. The van der Waals surface area contributed by atoms with Crippen LogP contribution in [0.15, 0.2) is 42.5 Å². The third-order valence-corrected chi connectivity index (χ3v) is 4.95. The Bertz CT molecular complexity index is 879. The number of carbonyl (C=O) groups excluding carboxylic acids is 2. The smallest absolute Gasteiger partial charge is 0.247 e. The first-order valence-corrected chi connectivity index (χ1v) is 9.49. The number of amides is 2. The first-order chi connectivity index (χ1) is 13.4. The van der Waals surface area contributed by atoms with Crippen LogP contribution in [0, 0.1) is 5.92 Å². The molecule has 1 unspecified atom stereocenters. The third-order valence-electron chi connectivity index (χ3n) is 4.95. The highest BCUT2D eigenvalue weighted by molar-refractivity contribution is 5.98. The largest absolute Gasteiger partial charge is 0.495 e. The number of methoxy groups -OCH3 is 1. The highest BCUT2D eigenvalue weighted by Crippen LogP contribution is 2.28. The van der Waals surface area contributed by atoms with E-state index in [2.05, 4.69) is 5.32 Å². The lowest BCUT2D eigenvalue weighted by Crippen LogP contribution is -2.50. The van der Waals surface area contributed by atoms with E-state index in [0.717, 1.165) is 11.1 Å². The molecule has 1 aliphatic rings. The van der Waals surface area contributed by atoms with Gasteiger partial charge >= 0.3 is 0 Å². The predicted octanol–water partition coefficient (Wildman–Crippen LogP) is 3.22. The molecule has 1 aliphatic heterocycles. The SMILES string of the molecule is COc1ccc(NC(=O)C2Cc3ccccc3CN2C(=O)CC(C)C)cc1N. The number of ether oxygens (including phenoxy) is 1. The number of nitrogen functional groups attached to an aromatic ring is 1. The molecule has 148 valence electrons. The van der Waals surface area contributed by atoms with E-state index >= 15 is 0 Å². The van der Waals surface area contributed by atoms with Crippen LogP contribution in [0.3, 0.4) is 0 Å². The van der Waals surface area contributed by atoms with Crippen LogP contribution in [-0.4, -0.2) is 29.9 Å². The van der Waals surface area contributed by atoms with Gasteiger partial charge in [0.05, 0.1) is 12.8 Å². The van der Waals surface area contributed by atoms with E-state index in [1.807, 2.05) is 38.1 Å². The summed E-state index contributed by atoms with van der Waals surface area (Å²) >= 11 is 0. The summed E-state index contributed by atoms with van der Waals surface area (Å²) < 4.78 is 5.16. The summed E-state index contributed by atoms with van der Waals surface area (Å²) in [4.78, 5) is 27.6. The fourth-order valence-electron chi connectivity index (χ4n) is 3.52. The first-order valence-electron chi connectivity index (χ1n) is 9.49. The quantitative estimate of drug-likeness (QED) is 0.779. The molecule has 0 fully saturated rings. The normalized spacial score (nSPS) is 15.9. The van der Waals surface area contributed by atoms with Crippen molar-refractivity contribution in [3.05, 3.63) is 53.6 Å². The van der Waals surface area contributed by atoms with Gasteiger partial charge in [0.2, 0.25) is 11.8 Å². The molecule has 1 heterocycles. The number of hydrogen-bond donors (Lipinski definition) is 2. The Balaban J connectivity index is 1.84. The monoisotopic (exact) mass is 381 g/mol. The van der Waals surface area contributed by atoms with Crippen molar-refractivity contribution in [1.29, 1.82) is 0 Å². The van der Waals surface area contributed by atoms with E-state index in [1.165, 1.54) is 0 Å². The minimum atomic E-state index is -0.551. The molecule has 3 rings (SSSR count). The van der Waals surface area contributed by atoms with Gasteiger partial charge in [-0.05, 0) is 35.2 Å². The summed E-state index contributed by atoms with van der Waals surface area (Å²) in [6.45, 7) is 4.46. The lowest BCUT2D eigenvalue weighted by atomic mass is 9.92. The van der Waals surface area contributed by atoms with Crippen LogP contribution >= 0.6 is 0 Å². The molecule has 0 aliphatic carbocycles. The number of benzene rings is 2. The molecule has 3 N–H and O–H groups in total. The zero-order valence-electron chi connectivity index (χ0n) is 16.6. The summed E-state index contributed by atoms with van der Waals surface area (Å²) in [5.41, 5.74) is 9.16. The van der Waals surface area contributed by atoms with Crippen molar-refractivity contribution in [2.24, 2.45) is 5.92 Å². The third kappa shape index (κ3) is 4.27. The number of rotatable bonds is 5. The number of fused-ring (bicyclic) bond motifs is 1. The maximum Gasteiger partial charge on any atom is 0.247 e. The molecule has 2 amide bonds. The van der Waals surface area contributed by atoms with Gasteiger partial charge in [-0.1, -0.05) is 38.1 Å². The van der Waals surface area contributed by atoms with Crippen LogP contribution in [0.1, 0.15) is 31.4 Å². The predicted molar refractivity (Wildman–Crippen MR) is 110 cm³/mol. The van der Waals surface area contributed by atoms with Crippen molar-refractivity contribution >= 4 is 23.2 Å². The molecule has 6 nitrogen and oxygen atoms in total. The standard InChI is InChI=1S/C22H27N3O3/c1-14(2)10-21(26)25-13-16-7-5-4-6-15(16)11-19(25)22(27)24-17-8-9-20(28-3)18(23)12-17/h4-9,12,14,19H,10-11,13,23H2,1-3H3,(H,24,27). The van der Waals surface area contributed by atoms with Gasteiger partial charge in [-0.15, -0.1) is 0 Å². The van der Waals surface area contributed by atoms with Gasteiger partial charge in [0.25, 0.3) is 0 Å². The minimum absolute atomic E-state index is 0.00102. The van der Waals surface area contributed by atoms with Crippen LogP contribution < -0.4 is 15.8 Å². The average Bonchev–Trinajstić information content (AvgIpc) is 2.66. The van der Waals surface area contributed by atoms with Crippen molar-refractivity contribution in [3.8, 4) is 5.75 Å². The summed E-state index contributed by atoms with van der Waals surface area (Å²) in [6.07, 6.45) is 0.916. The van der Waals surface area contributed by atoms with Gasteiger partial charge in [0, 0.05) is 25.1 Å². The Labute approximate surface area is 165 Å². The molecule has 28 heavy (non-hydrogen) atoms. The number of carbonyl (C=O) groups is 2. The van der Waals surface area contributed by atoms with E-state index in [4.69, 9.17) is 10.5 Å². The highest BCUT2D eigenvalue weighted by Gasteiger charge is 2.34. The summed E-state index contributed by atoms with van der Waals surface area (Å²) in [6, 6.07) is 12.5. The van der Waals surface area contributed by atoms with Gasteiger partial charge < -0.3 is 20.7 Å². The van der Waals surface area contributed by atoms with Crippen molar-refractivity contribution in [1.82, 2.24) is 4.90 Å². The van der Waals surface area contributed by atoms with Crippen LogP contribution in [0.4, 0.5) is 11.4 Å². The molecule has 6 heteroatoms. The number of nitrogens with zero attached hydrogens (tertiary/aromatic N) is 1. The van der Waals surface area contributed by atoms with Crippen LogP contribution in [0.2, 0.25) is 0 Å². The summed E-state index contributed by atoms with van der Waals surface area (Å²) in [5, 5.41) is 2.90. The van der Waals surface area contributed by atoms with E-state index in [-0.39, 0.29) is 17.7 Å². The Morgan fingerprint density at radius 1 is 1.21 bits per heavy atom. The zero-order valence-corrected chi connectivity index (χ0v) is 16.6. The first kappa shape index (κ1) is 19.7. The van der Waals surface area contributed by atoms with Crippen LogP contribution in [0.5, 0.6) is 5.75 Å². The summed E-state index contributed by atoms with van der Waals surface area (Å²) in [7, 11) is 1.54. The molecule has 0 saturated heterocycles. The van der Waals surface area contributed by atoms with Crippen molar-refractivity contribution < 1.29 is 14.3 Å². The summed E-state index contributed by atoms with van der Waals surface area (Å²) in [5.74, 6) is 0.572. The van der Waals surface area contributed by atoms with Gasteiger partial charge in [0.1, 0.15) is 11.8 Å². The number of nitrogens with two attached hydrogens (primary N) is 1. The van der Waals surface area contributed by atoms with Crippen molar-refractivity contribution in [2.75, 3.05) is 18.2 Å². The molecular weight excluding hydrogens is 354 g/mol. The Hall–Kier alpha value is -3.02.